The molecule has 156 valence electrons. The van der Waals surface area contributed by atoms with E-state index in [-0.39, 0.29) is 35.8 Å². The SMILES string of the molecule is CCNC(=NCC(c1ccc(F)cc1)N(C)C)NCC(O)c1ccc(Cl)s1.I. The van der Waals surface area contributed by atoms with Gasteiger partial charge in [-0.05, 0) is 50.8 Å². The Morgan fingerprint density at radius 1 is 1.21 bits per heavy atom. The summed E-state index contributed by atoms with van der Waals surface area (Å²) in [6.07, 6.45) is -0.659. The molecule has 0 fully saturated rings. The van der Waals surface area contributed by atoms with E-state index >= 15 is 0 Å². The first kappa shape index (κ1) is 25.1. The average Bonchev–Trinajstić information content (AvgIpc) is 3.07. The third kappa shape index (κ3) is 7.82. The number of likely N-dealkylation sites (N-methyl/N-ethyl adjacent to an activating group) is 1. The van der Waals surface area contributed by atoms with Crippen LogP contribution in [0.4, 0.5) is 4.39 Å². The number of aliphatic imine (C=N–C) groups is 1. The van der Waals surface area contributed by atoms with Crippen molar-refractivity contribution in [2.75, 3.05) is 33.7 Å². The highest BCUT2D eigenvalue weighted by Gasteiger charge is 2.15. The molecule has 28 heavy (non-hydrogen) atoms. The first-order valence-corrected chi connectivity index (χ1v) is 9.97. The molecule has 9 heteroatoms. The summed E-state index contributed by atoms with van der Waals surface area (Å²) in [4.78, 5) is 7.48. The van der Waals surface area contributed by atoms with Gasteiger partial charge < -0.3 is 20.6 Å². The largest absolute Gasteiger partial charge is 0.386 e. The summed E-state index contributed by atoms with van der Waals surface area (Å²) in [6, 6.07) is 10.1. The van der Waals surface area contributed by atoms with E-state index in [1.165, 1.54) is 23.5 Å². The lowest BCUT2D eigenvalue weighted by Gasteiger charge is -2.24. The normalized spacial score (nSPS) is 13.8. The highest BCUT2D eigenvalue weighted by atomic mass is 127. The molecule has 2 unspecified atom stereocenters. The van der Waals surface area contributed by atoms with Crippen LogP contribution in [0.3, 0.4) is 0 Å². The quantitative estimate of drug-likeness (QED) is 0.269. The van der Waals surface area contributed by atoms with E-state index in [1.807, 2.05) is 32.0 Å². The zero-order valence-electron chi connectivity index (χ0n) is 16.2. The summed E-state index contributed by atoms with van der Waals surface area (Å²) in [6.45, 7) is 3.51. The molecule has 0 aliphatic heterocycles. The van der Waals surface area contributed by atoms with E-state index in [0.717, 1.165) is 10.4 Å². The molecule has 0 aliphatic carbocycles. The molecule has 0 aliphatic rings. The van der Waals surface area contributed by atoms with Crippen molar-refractivity contribution < 1.29 is 9.50 Å². The van der Waals surface area contributed by atoms with Gasteiger partial charge in [0.1, 0.15) is 11.9 Å². The first-order valence-electron chi connectivity index (χ1n) is 8.78. The van der Waals surface area contributed by atoms with E-state index in [2.05, 4.69) is 15.6 Å². The lowest BCUT2D eigenvalue weighted by molar-refractivity contribution is 0.184. The van der Waals surface area contributed by atoms with Gasteiger partial charge in [0, 0.05) is 18.0 Å². The molecule has 5 nitrogen and oxygen atoms in total. The van der Waals surface area contributed by atoms with Crippen LogP contribution < -0.4 is 10.6 Å². The number of aliphatic hydroxyl groups is 1. The van der Waals surface area contributed by atoms with Crippen molar-refractivity contribution in [2.45, 2.75) is 19.1 Å². The van der Waals surface area contributed by atoms with Crippen LogP contribution in [0.25, 0.3) is 0 Å². The predicted octanol–water partition coefficient (Wildman–Crippen LogP) is 4.05. The third-order valence-electron chi connectivity index (χ3n) is 4.03. The highest BCUT2D eigenvalue weighted by molar-refractivity contribution is 14.0. The Bertz CT molecular complexity index is 742. The molecule has 0 saturated heterocycles. The molecule has 0 spiro atoms. The fraction of sp³-hybridized carbons (Fsp3) is 0.421. The van der Waals surface area contributed by atoms with Crippen molar-refractivity contribution in [3.63, 3.8) is 0 Å². The zero-order valence-corrected chi connectivity index (χ0v) is 20.1. The lowest BCUT2D eigenvalue weighted by atomic mass is 10.1. The number of thiophene rings is 1. The van der Waals surface area contributed by atoms with Crippen LogP contribution in [0.2, 0.25) is 4.34 Å². The van der Waals surface area contributed by atoms with Gasteiger partial charge in [-0.3, -0.25) is 4.99 Å². The van der Waals surface area contributed by atoms with Gasteiger partial charge in [-0.15, -0.1) is 35.3 Å². The van der Waals surface area contributed by atoms with Crippen molar-refractivity contribution in [1.82, 2.24) is 15.5 Å². The fourth-order valence-corrected chi connectivity index (χ4v) is 3.62. The monoisotopic (exact) mass is 540 g/mol. The van der Waals surface area contributed by atoms with E-state index in [4.69, 9.17) is 11.6 Å². The Morgan fingerprint density at radius 2 is 1.89 bits per heavy atom. The number of rotatable bonds is 8. The van der Waals surface area contributed by atoms with Gasteiger partial charge in [0.05, 0.1) is 16.9 Å². The van der Waals surface area contributed by atoms with Crippen molar-refractivity contribution >= 4 is 52.9 Å². The highest BCUT2D eigenvalue weighted by Crippen LogP contribution is 2.26. The van der Waals surface area contributed by atoms with E-state index in [0.29, 0.717) is 29.9 Å². The number of halogens is 3. The molecule has 0 bridgehead atoms. The second-order valence-corrected chi connectivity index (χ2v) is 8.04. The number of nitrogens with zero attached hydrogens (tertiary/aromatic N) is 2. The average molecular weight is 541 g/mol. The topological polar surface area (TPSA) is 59.9 Å². The van der Waals surface area contributed by atoms with Gasteiger partial charge in [0.25, 0.3) is 0 Å². The fourth-order valence-electron chi connectivity index (χ4n) is 2.57. The van der Waals surface area contributed by atoms with Crippen LogP contribution >= 0.6 is 46.9 Å². The Labute approximate surface area is 192 Å². The molecular formula is C19H27ClFIN4OS. The Balaban J connectivity index is 0.00000392. The number of benzene rings is 1. The van der Waals surface area contributed by atoms with E-state index in [9.17, 15) is 9.50 Å². The maximum absolute atomic E-state index is 13.2. The Morgan fingerprint density at radius 3 is 2.43 bits per heavy atom. The molecule has 3 N–H and O–H groups in total. The molecule has 0 amide bonds. The van der Waals surface area contributed by atoms with E-state index < -0.39 is 6.10 Å². The number of aliphatic hydroxyl groups excluding tert-OH is 1. The zero-order chi connectivity index (χ0) is 19.8. The number of hydrogen-bond donors (Lipinski definition) is 3. The van der Waals surface area contributed by atoms with Crippen molar-refractivity contribution in [1.29, 1.82) is 0 Å². The minimum absolute atomic E-state index is 0. The van der Waals surface area contributed by atoms with Crippen molar-refractivity contribution in [3.05, 3.63) is 57.0 Å². The first-order chi connectivity index (χ1) is 12.9. The maximum atomic E-state index is 13.2. The van der Waals surface area contributed by atoms with Crippen LogP contribution in [-0.2, 0) is 0 Å². The second kappa shape index (κ2) is 12.6. The summed E-state index contributed by atoms with van der Waals surface area (Å²) in [5.74, 6) is 0.366. The summed E-state index contributed by atoms with van der Waals surface area (Å²) in [5, 5.41) is 16.6. The lowest BCUT2D eigenvalue weighted by Crippen LogP contribution is -2.40. The molecule has 0 radical (unpaired) electrons. The van der Waals surface area contributed by atoms with Crippen molar-refractivity contribution in [3.8, 4) is 0 Å². The van der Waals surface area contributed by atoms with Gasteiger partial charge in [0.15, 0.2) is 5.96 Å². The van der Waals surface area contributed by atoms with Crippen LogP contribution in [0.15, 0.2) is 41.4 Å². The molecular weight excluding hydrogens is 514 g/mol. The summed E-state index contributed by atoms with van der Waals surface area (Å²) in [5.41, 5.74) is 0.995. The number of nitrogens with one attached hydrogen (secondary N) is 2. The third-order valence-corrected chi connectivity index (χ3v) is 5.36. The molecule has 1 aromatic heterocycles. The van der Waals surface area contributed by atoms with Gasteiger partial charge in [-0.1, -0.05) is 23.7 Å². The van der Waals surface area contributed by atoms with Gasteiger partial charge in [0.2, 0.25) is 0 Å². The summed E-state index contributed by atoms with van der Waals surface area (Å²) in [7, 11) is 3.93. The van der Waals surface area contributed by atoms with Crippen LogP contribution in [-0.4, -0.2) is 49.7 Å². The maximum Gasteiger partial charge on any atom is 0.191 e. The van der Waals surface area contributed by atoms with Crippen LogP contribution in [0, 0.1) is 5.82 Å². The van der Waals surface area contributed by atoms with Crippen molar-refractivity contribution in [2.24, 2.45) is 4.99 Å². The van der Waals surface area contributed by atoms with Crippen LogP contribution in [0.1, 0.15) is 29.5 Å². The van der Waals surface area contributed by atoms with E-state index in [1.54, 1.807) is 18.2 Å². The van der Waals surface area contributed by atoms with Gasteiger partial charge in [-0.2, -0.15) is 0 Å². The predicted molar refractivity (Wildman–Crippen MR) is 127 cm³/mol. The number of guanidine groups is 1. The minimum atomic E-state index is -0.659. The minimum Gasteiger partial charge on any atom is -0.386 e. The molecule has 2 atom stereocenters. The number of hydrogen-bond acceptors (Lipinski definition) is 4. The second-order valence-electron chi connectivity index (χ2n) is 6.29. The molecule has 1 heterocycles. The standard InChI is InChI=1S/C19H26ClFN4OS.HI/c1-4-22-19(24-12-16(26)17-9-10-18(20)27-17)23-11-15(25(2)3)13-5-7-14(21)8-6-13;/h5-10,15-16,26H,4,11-12H2,1-3H3,(H2,22,23,24);1H. The molecule has 2 aromatic rings. The van der Waals surface area contributed by atoms with Gasteiger partial charge >= 0.3 is 0 Å². The Hall–Kier alpha value is -0.940. The Kier molecular flexibility index (Phi) is 11.3. The molecule has 0 saturated carbocycles. The molecule has 1 aromatic carbocycles. The van der Waals surface area contributed by atoms with Crippen LogP contribution in [0.5, 0.6) is 0 Å². The van der Waals surface area contributed by atoms with Gasteiger partial charge in [-0.25, -0.2) is 4.39 Å². The smallest absolute Gasteiger partial charge is 0.191 e. The summed E-state index contributed by atoms with van der Waals surface area (Å²) >= 11 is 7.28. The molecule has 2 rings (SSSR count). The summed E-state index contributed by atoms with van der Waals surface area (Å²) < 4.78 is 13.8.